The van der Waals surface area contributed by atoms with E-state index in [2.05, 4.69) is 10.6 Å². The van der Waals surface area contributed by atoms with Gasteiger partial charge in [0.25, 0.3) is 0 Å². The average Bonchev–Trinajstić information content (AvgIpc) is 2.20. The molecule has 0 bridgehead atoms. The highest BCUT2D eigenvalue weighted by molar-refractivity contribution is 6.03. The summed E-state index contributed by atoms with van der Waals surface area (Å²) in [6.07, 6.45) is 0.636. The van der Waals surface area contributed by atoms with Crippen LogP contribution in [0.4, 0.5) is 0 Å². The number of imide groups is 1. The Hall–Kier alpha value is -1.65. The molecule has 1 rings (SSSR count). The molecule has 1 aliphatic rings. The molecule has 1 fully saturated rings. The Kier molecular flexibility index (Phi) is 3.82. The van der Waals surface area contributed by atoms with Crippen LogP contribution in [0.25, 0.3) is 0 Å². The van der Waals surface area contributed by atoms with Crippen LogP contribution in [0.2, 0.25) is 0 Å². The van der Waals surface area contributed by atoms with Crippen molar-refractivity contribution in [2.24, 2.45) is 0 Å². The zero-order valence-corrected chi connectivity index (χ0v) is 9.72. The zero-order chi connectivity index (χ0) is 12.3. The second kappa shape index (κ2) is 4.92. The Morgan fingerprint density at radius 3 is 2.44 bits per heavy atom. The maximum Gasteiger partial charge on any atom is 0.249 e. The standard InChI is InChI=1S/C11H16N2O3/c1-6(2)7(3)10(15)12-8-4-5-9(14)13-11(8)16/h8H,4-5H2,1-3H3,(H,12,15)(H,13,14,16). The Labute approximate surface area is 94.3 Å². The summed E-state index contributed by atoms with van der Waals surface area (Å²) in [6, 6.07) is -0.598. The summed E-state index contributed by atoms with van der Waals surface area (Å²) in [6.45, 7) is 5.37. The lowest BCUT2D eigenvalue weighted by atomic mass is 10.1. The van der Waals surface area contributed by atoms with Crippen molar-refractivity contribution in [3.63, 3.8) is 0 Å². The number of allylic oxidation sites excluding steroid dienone is 1. The maximum atomic E-state index is 11.6. The Balaban J connectivity index is 2.62. The number of hydrogen-bond acceptors (Lipinski definition) is 3. The normalized spacial score (nSPS) is 20.1. The highest BCUT2D eigenvalue weighted by Crippen LogP contribution is 2.07. The van der Waals surface area contributed by atoms with Crippen LogP contribution < -0.4 is 10.6 Å². The first-order valence-corrected chi connectivity index (χ1v) is 5.20. The van der Waals surface area contributed by atoms with E-state index in [0.29, 0.717) is 12.0 Å². The highest BCUT2D eigenvalue weighted by atomic mass is 16.2. The van der Waals surface area contributed by atoms with Crippen LogP contribution in [0.15, 0.2) is 11.1 Å². The molecule has 1 saturated heterocycles. The third-order valence-corrected chi connectivity index (χ3v) is 2.64. The number of hydrogen-bond donors (Lipinski definition) is 2. The van der Waals surface area contributed by atoms with Crippen molar-refractivity contribution in [2.45, 2.75) is 39.7 Å². The van der Waals surface area contributed by atoms with Crippen molar-refractivity contribution in [1.29, 1.82) is 0 Å². The molecule has 88 valence electrons. The molecule has 1 atom stereocenters. The van der Waals surface area contributed by atoms with E-state index < -0.39 is 11.9 Å². The third kappa shape index (κ3) is 2.92. The van der Waals surface area contributed by atoms with Gasteiger partial charge in [0.15, 0.2) is 0 Å². The number of nitrogens with one attached hydrogen (secondary N) is 2. The van der Waals surface area contributed by atoms with Crippen LogP contribution in [0, 0.1) is 0 Å². The highest BCUT2D eigenvalue weighted by Gasteiger charge is 2.27. The molecule has 1 unspecified atom stereocenters. The molecular weight excluding hydrogens is 208 g/mol. The molecule has 0 spiro atoms. The lowest BCUT2D eigenvalue weighted by Crippen LogP contribution is -2.52. The van der Waals surface area contributed by atoms with Crippen molar-refractivity contribution in [2.75, 3.05) is 0 Å². The summed E-state index contributed by atoms with van der Waals surface area (Å²) in [5.41, 5.74) is 1.51. The fraction of sp³-hybridized carbons (Fsp3) is 0.545. The molecule has 5 heteroatoms. The van der Waals surface area contributed by atoms with E-state index in [9.17, 15) is 14.4 Å². The summed E-state index contributed by atoms with van der Waals surface area (Å²) in [5, 5.41) is 4.80. The zero-order valence-electron chi connectivity index (χ0n) is 9.72. The van der Waals surface area contributed by atoms with Crippen molar-refractivity contribution >= 4 is 17.7 Å². The largest absolute Gasteiger partial charge is 0.341 e. The molecule has 5 nitrogen and oxygen atoms in total. The van der Waals surface area contributed by atoms with Gasteiger partial charge in [-0.25, -0.2) is 0 Å². The Bertz CT molecular complexity index is 367. The van der Waals surface area contributed by atoms with Gasteiger partial charge in [0, 0.05) is 12.0 Å². The van der Waals surface area contributed by atoms with Crippen LogP contribution in [-0.4, -0.2) is 23.8 Å². The first-order valence-electron chi connectivity index (χ1n) is 5.20. The Morgan fingerprint density at radius 2 is 1.94 bits per heavy atom. The minimum Gasteiger partial charge on any atom is -0.341 e. The van der Waals surface area contributed by atoms with E-state index >= 15 is 0 Å². The fourth-order valence-electron chi connectivity index (χ4n) is 1.32. The van der Waals surface area contributed by atoms with E-state index in [-0.39, 0.29) is 18.2 Å². The number of piperidine rings is 1. The van der Waals surface area contributed by atoms with E-state index in [0.717, 1.165) is 5.57 Å². The number of carbonyl (C=O) groups is 3. The average molecular weight is 224 g/mol. The molecule has 0 saturated carbocycles. The molecule has 0 radical (unpaired) electrons. The van der Waals surface area contributed by atoms with Crippen LogP contribution >= 0.6 is 0 Å². The van der Waals surface area contributed by atoms with Gasteiger partial charge in [-0.05, 0) is 27.2 Å². The predicted octanol–water partition coefficient (Wildman–Crippen LogP) is 0.264. The minimum absolute atomic E-state index is 0.255. The van der Waals surface area contributed by atoms with Crippen molar-refractivity contribution < 1.29 is 14.4 Å². The molecular formula is C11H16N2O3. The molecule has 1 heterocycles. The summed E-state index contributed by atoms with van der Waals surface area (Å²) >= 11 is 0. The van der Waals surface area contributed by atoms with Crippen molar-refractivity contribution in [1.82, 2.24) is 10.6 Å². The summed E-state index contributed by atoms with van der Waals surface area (Å²) < 4.78 is 0. The number of rotatable bonds is 2. The van der Waals surface area contributed by atoms with Crippen LogP contribution in [0.3, 0.4) is 0 Å². The molecule has 0 aromatic carbocycles. The van der Waals surface area contributed by atoms with E-state index in [1.165, 1.54) is 0 Å². The summed E-state index contributed by atoms with van der Waals surface area (Å²) in [7, 11) is 0. The minimum atomic E-state index is -0.598. The van der Waals surface area contributed by atoms with Crippen LogP contribution in [-0.2, 0) is 14.4 Å². The second-order valence-electron chi connectivity index (χ2n) is 4.10. The van der Waals surface area contributed by atoms with E-state index in [4.69, 9.17) is 0 Å². The summed E-state index contributed by atoms with van der Waals surface area (Å²) in [4.78, 5) is 33.9. The van der Waals surface area contributed by atoms with Gasteiger partial charge in [0.1, 0.15) is 6.04 Å². The lowest BCUT2D eigenvalue weighted by Gasteiger charge is -2.22. The molecule has 2 N–H and O–H groups in total. The summed E-state index contributed by atoms with van der Waals surface area (Å²) in [5.74, 6) is -0.963. The van der Waals surface area contributed by atoms with Gasteiger partial charge in [-0.3, -0.25) is 19.7 Å². The molecule has 1 aliphatic heterocycles. The Morgan fingerprint density at radius 1 is 1.31 bits per heavy atom. The van der Waals surface area contributed by atoms with Gasteiger partial charge in [0.2, 0.25) is 17.7 Å². The monoisotopic (exact) mass is 224 g/mol. The quantitative estimate of drug-likeness (QED) is 0.522. The first-order chi connectivity index (χ1) is 7.41. The lowest BCUT2D eigenvalue weighted by molar-refractivity contribution is -0.136. The van der Waals surface area contributed by atoms with Gasteiger partial charge >= 0.3 is 0 Å². The van der Waals surface area contributed by atoms with Gasteiger partial charge in [-0.15, -0.1) is 0 Å². The maximum absolute atomic E-state index is 11.6. The van der Waals surface area contributed by atoms with Gasteiger partial charge < -0.3 is 5.32 Å². The van der Waals surface area contributed by atoms with E-state index in [1.807, 2.05) is 13.8 Å². The van der Waals surface area contributed by atoms with Gasteiger partial charge in [-0.2, -0.15) is 0 Å². The smallest absolute Gasteiger partial charge is 0.249 e. The van der Waals surface area contributed by atoms with Crippen LogP contribution in [0.5, 0.6) is 0 Å². The predicted molar refractivity (Wildman–Crippen MR) is 58.4 cm³/mol. The van der Waals surface area contributed by atoms with Crippen molar-refractivity contribution in [3.8, 4) is 0 Å². The fourth-order valence-corrected chi connectivity index (χ4v) is 1.32. The molecule has 0 aliphatic carbocycles. The topological polar surface area (TPSA) is 75.3 Å². The number of amides is 3. The SMILES string of the molecule is CC(C)=C(C)C(=O)NC1CCC(=O)NC1=O. The molecule has 0 aromatic rings. The molecule has 0 aromatic heterocycles. The molecule has 16 heavy (non-hydrogen) atoms. The third-order valence-electron chi connectivity index (χ3n) is 2.64. The van der Waals surface area contributed by atoms with Crippen molar-refractivity contribution in [3.05, 3.63) is 11.1 Å². The van der Waals surface area contributed by atoms with E-state index in [1.54, 1.807) is 6.92 Å². The van der Waals surface area contributed by atoms with Crippen LogP contribution in [0.1, 0.15) is 33.6 Å². The first kappa shape index (κ1) is 12.4. The molecule has 3 amide bonds. The second-order valence-corrected chi connectivity index (χ2v) is 4.10. The number of carbonyl (C=O) groups excluding carboxylic acids is 3. The van der Waals surface area contributed by atoms with Gasteiger partial charge in [0.05, 0.1) is 0 Å². The van der Waals surface area contributed by atoms with Gasteiger partial charge in [-0.1, -0.05) is 5.57 Å².